The summed E-state index contributed by atoms with van der Waals surface area (Å²) in [5.74, 6) is -0.308. The van der Waals surface area contributed by atoms with Gasteiger partial charge in [0, 0.05) is 7.11 Å². The molecule has 1 aromatic carbocycles. The van der Waals surface area contributed by atoms with Crippen LogP contribution in [-0.4, -0.2) is 20.2 Å². The number of rotatable bonds is 3. The lowest BCUT2D eigenvalue weighted by Crippen LogP contribution is -2.02. The summed E-state index contributed by atoms with van der Waals surface area (Å²) in [7, 11) is 3.02. The summed E-state index contributed by atoms with van der Waals surface area (Å²) >= 11 is 0. The van der Waals surface area contributed by atoms with Crippen molar-refractivity contribution in [3.63, 3.8) is 0 Å². The summed E-state index contributed by atoms with van der Waals surface area (Å²) in [5.41, 5.74) is 2.69. The number of aryl methyl sites for hydroxylation is 1. The minimum absolute atomic E-state index is 0.308. The van der Waals surface area contributed by atoms with Crippen molar-refractivity contribution in [2.75, 3.05) is 14.2 Å². The van der Waals surface area contributed by atoms with E-state index in [0.717, 1.165) is 11.1 Å². The van der Waals surface area contributed by atoms with E-state index < -0.39 is 0 Å². The average Bonchev–Trinajstić information content (AvgIpc) is 2.45. The largest absolute Gasteiger partial charge is 0.465 e. The van der Waals surface area contributed by atoms with Gasteiger partial charge in [0.15, 0.2) is 0 Å². The van der Waals surface area contributed by atoms with Gasteiger partial charge < -0.3 is 9.47 Å². The second-order valence-corrected chi connectivity index (χ2v) is 3.07. The number of ether oxygens (including phenoxy) is 2. The van der Waals surface area contributed by atoms with Crippen LogP contribution in [0, 0.1) is 6.92 Å². The van der Waals surface area contributed by atoms with Crippen LogP contribution in [0.15, 0.2) is 18.2 Å². The van der Waals surface area contributed by atoms with Crippen molar-refractivity contribution >= 4 is 5.97 Å². The molecule has 1 rings (SSSR count). The Kier molecular flexibility index (Phi) is 12.8. The summed E-state index contributed by atoms with van der Waals surface area (Å²) < 4.78 is 9.64. The Morgan fingerprint density at radius 3 is 2.06 bits per heavy atom. The Hall–Kier alpha value is -1.35. The monoisotopic (exact) mass is 254 g/mol. The molecule has 3 nitrogen and oxygen atoms in total. The zero-order chi connectivity index (χ0) is 14.6. The van der Waals surface area contributed by atoms with Crippen LogP contribution in [-0.2, 0) is 16.1 Å². The fourth-order valence-electron chi connectivity index (χ4n) is 1.26. The smallest absolute Gasteiger partial charge is 0.337 e. The van der Waals surface area contributed by atoms with E-state index in [2.05, 4.69) is 4.74 Å². The third-order valence-electron chi connectivity index (χ3n) is 2.06. The van der Waals surface area contributed by atoms with E-state index in [1.165, 1.54) is 7.11 Å². The molecule has 1 aromatic rings. The van der Waals surface area contributed by atoms with E-state index in [-0.39, 0.29) is 5.97 Å². The van der Waals surface area contributed by atoms with Gasteiger partial charge in [0.05, 0.1) is 19.3 Å². The molecule has 0 aliphatic rings. The zero-order valence-corrected chi connectivity index (χ0v) is 12.7. The van der Waals surface area contributed by atoms with Gasteiger partial charge in [-0.15, -0.1) is 0 Å². The molecule has 0 atom stereocenters. The molecule has 104 valence electrons. The Morgan fingerprint density at radius 2 is 1.67 bits per heavy atom. The van der Waals surface area contributed by atoms with Crippen molar-refractivity contribution in [1.82, 2.24) is 0 Å². The van der Waals surface area contributed by atoms with Crippen LogP contribution in [0.3, 0.4) is 0 Å². The molecule has 0 saturated heterocycles. The first-order valence-corrected chi connectivity index (χ1v) is 6.36. The van der Waals surface area contributed by atoms with Gasteiger partial charge >= 0.3 is 5.97 Å². The zero-order valence-electron chi connectivity index (χ0n) is 12.7. The molecule has 0 radical (unpaired) electrons. The lowest BCUT2D eigenvalue weighted by molar-refractivity contribution is 0.0600. The van der Waals surface area contributed by atoms with E-state index in [4.69, 9.17) is 4.74 Å². The third kappa shape index (κ3) is 6.40. The highest BCUT2D eigenvalue weighted by molar-refractivity contribution is 5.89. The number of methoxy groups -OCH3 is 2. The van der Waals surface area contributed by atoms with Gasteiger partial charge in [-0.3, -0.25) is 0 Å². The van der Waals surface area contributed by atoms with Crippen molar-refractivity contribution in [3.05, 3.63) is 34.9 Å². The van der Waals surface area contributed by atoms with E-state index in [1.807, 2.05) is 40.7 Å². The van der Waals surface area contributed by atoms with Crippen molar-refractivity contribution in [2.24, 2.45) is 0 Å². The van der Waals surface area contributed by atoms with Crippen LogP contribution in [0.4, 0.5) is 0 Å². The van der Waals surface area contributed by atoms with Gasteiger partial charge in [0.1, 0.15) is 0 Å². The Bertz CT molecular complexity index is 333. The topological polar surface area (TPSA) is 35.5 Å². The maximum atomic E-state index is 11.2. The Morgan fingerprint density at radius 1 is 1.11 bits per heavy atom. The van der Waals surface area contributed by atoms with Crippen molar-refractivity contribution < 1.29 is 14.3 Å². The first-order chi connectivity index (χ1) is 8.69. The number of hydrogen-bond acceptors (Lipinski definition) is 3. The molecular weight excluding hydrogens is 228 g/mol. The molecule has 0 aliphatic heterocycles. The summed E-state index contributed by atoms with van der Waals surface area (Å²) in [6.07, 6.45) is 0. The van der Waals surface area contributed by atoms with Gasteiger partial charge in [0.25, 0.3) is 0 Å². The quantitative estimate of drug-likeness (QED) is 0.765. The molecule has 0 unspecified atom stereocenters. The summed E-state index contributed by atoms with van der Waals surface area (Å²) in [6.45, 7) is 10.5. The van der Waals surface area contributed by atoms with Gasteiger partial charge in [-0.05, 0) is 30.2 Å². The maximum Gasteiger partial charge on any atom is 0.337 e. The van der Waals surface area contributed by atoms with E-state index in [9.17, 15) is 4.79 Å². The van der Waals surface area contributed by atoms with E-state index >= 15 is 0 Å². The highest BCUT2D eigenvalue weighted by Gasteiger charge is 2.06. The van der Waals surface area contributed by atoms with Crippen molar-refractivity contribution in [3.8, 4) is 0 Å². The minimum Gasteiger partial charge on any atom is -0.465 e. The van der Waals surface area contributed by atoms with Crippen LogP contribution in [0.2, 0.25) is 0 Å². The SMILES string of the molecule is CC.CC.COCc1ccc(C(=O)OC)cc1C. The molecule has 3 heteroatoms. The number of benzene rings is 1. The fourth-order valence-corrected chi connectivity index (χ4v) is 1.26. The normalized spacial score (nSPS) is 8.39. The van der Waals surface area contributed by atoms with E-state index in [0.29, 0.717) is 12.2 Å². The highest BCUT2D eigenvalue weighted by atomic mass is 16.5. The summed E-state index contributed by atoms with van der Waals surface area (Å²) in [5, 5.41) is 0. The molecular formula is C15H26O3. The molecule has 0 saturated carbocycles. The van der Waals surface area contributed by atoms with Crippen molar-refractivity contribution in [1.29, 1.82) is 0 Å². The lowest BCUT2D eigenvalue weighted by Gasteiger charge is -2.06. The number of hydrogen-bond donors (Lipinski definition) is 0. The van der Waals surface area contributed by atoms with Crippen molar-refractivity contribution in [2.45, 2.75) is 41.2 Å². The second-order valence-electron chi connectivity index (χ2n) is 3.07. The fraction of sp³-hybridized carbons (Fsp3) is 0.533. The second kappa shape index (κ2) is 12.1. The van der Waals surface area contributed by atoms with Crippen LogP contribution < -0.4 is 0 Å². The lowest BCUT2D eigenvalue weighted by atomic mass is 10.1. The molecule has 18 heavy (non-hydrogen) atoms. The molecule has 0 heterocycles. The molecule has 0 spiro atoms. The molecule has 0 bridgehead atoms. The molecule has 0 aliphatic carbocycles. The van der Waals surface area contributed by atoms with Gasteiger partial charge in [-0.25, -0.2) is 4.79 Å². The standard InChI is InChI=1S/C11H14O3.2C2H6/c1-8-6-9(11(12)14-3)4-5-10(8)7-13-2;2*1-2/h4-6H,7H2,1-3H3;2*1-2H3. The van der Waals surface area contributed by atoms with Gasteiger partial charge in [-0.1, -0.05) is 33.8 Å². The highest BCUT2D eigenvalue weighted by Crippen LogP contribution is 2.12. The van der Waals surface area contributed by atoms with Gasteiger partial charge in [0.2, 0.25) is 0 Å². The van der Waals surface area contributed by atoms with E-state index in [1.54, 1.807) is 19.2 Å². The maximum absolute atomic E-state index is 11.2. The van der Waals surface area contributed by atoms with Gasteiger partial charge in [-0.2, -0.15) is 0 Å². The number of esters is 1. The minimum atomic E-state index is -0.308. The van der Waals surface area contributed by atoms with Crippen LogP contribution in [0.25, 0.3) is 0 Å². The predicted molar refractivity (Wildman–Crippen MR) is 75.9 cm³/mol. The molecule has 0 amide bonds. The number of carbonyl (C=O) groups is 1. The summed E-state index contributed by atoms with van der Waals surface area (Å²) in [6, 6.07) is 5.43. The van der Waals surface area contributed by atoms with Crippen LogP contribution in [0.1, 0.15) is 49.2 Å². The molecule has 0 N–H and O–H groups in total. The first-order valence-electron chi connectivity index (χ1n) is 6.36. The molecule has 0 fully saturated rings. The predicted octanol–water partition coefficient (Wildman–Crippen LogP) is 3.98. The third-order valence-corrected chi connectivity index (χ3v) is 2.06. The van der Waals surface area contributed by atoms with Crippen LogP contribution in [0.5, 0.6) is 0 Å². The molecule has 0 aromatic heterocycles. The summed E-state index contributed by atoms with van der Waals surface area (Å²) in [4.78, 5) is 11.2. The first kappa shape index (κ1) is 19.0. The number of carbonyl (C=O) groups excluding carboxylic acids is 1. The van der Waals surface area contributed by atoms with Crippen LogP contribution >= 0.6 is 0 Å². The average molecular weight is 254 g/mol. The Labute approximate surface area is 111 Å². The Balaban J connectivity index is 0.